The Labute approximate surface area is 197 Å². The lowest BCUT2D eigenvalue weighted by Crippen LogP contribution is -2.28. The molecule has 0 saturated carbocycles. The molecule has 1 amide bonds. The van der Waals surface area contributed by atoms with Gasteiger partial charge in [0.25, 0.3) is 5.91 Å². The number of thiocarbonyl (C=S) groups is 1. The Morgan fingerprint density at radius 1 is 1.16 bits per heavy atom. The van der Waals surface area contributed by atoms with Gasteiger partial charge in [0.2, 0.25) is 0 Å². The smallest absolute Gasteiger partial charge is 0.266 e. The predicted molar refractivity (Wildman–Crippen MR) is 135 cm³/mol. The van der Waals surface area contributed by atoms with Gasteiger partial charge < -0.3 is 4.74 Å². The van der Waals surface area contributed by atoms with Crippen molar-refractivity contribution < 1.29 is 9.53 Å². The van der Waals surface area contributed by atoms with E-state index in [1.807, 2.05) is 78.5 Å². The van der Waals surface area contributed by atoms with Crippen LogP contribution in [0.5, 0.6) is 5.75 Å². The van der Waals surface area contributed by atoms with Crippen LogP contribution < -0.4 is 4.74 Å². The average molecular weight is 462 g/mol. The summed E-state index contributed by atoms with van der Waals surface area (Å²) >= 11 is 6.76. The van der Waals surface area contributed by atoms with Gasteiger partial charge in [-0.3, -0.25) is 9.69 Å². The zero-order valence-corrected chi connectivity index (χ0v) is 19.4. The average Bonchev–Trinajstić information content (AvgIpc) is 3.35. The molecule has 1 aliphatic rings. The van der Waals surface area contributed by atoms with Crippen molar-refractivity contribution in [3.63, 3.8) is 0 Å². The number of thioether (sulfide) groups is 1. The number of para-hydroxylation sites is 1. The zero-order valence-electron chi connectivity index (χ0n) is 17.7. The minimum absolute atomic E-state index is 0.0477. The SMILES string of the molecule is C=CCOc1ccc(-c2nn(-c3ccccc3)cc2/C=C2/SC(=S)N(CCC)C2=O)cc1. The first-order valence-corrected chi connectivity index (χ1v) is 11.6. The number of carbonyl (C=O) groups excluding carboxylic acids is 1. The van der Waals surface area contributed by atoms with E-state index >= 15 is 0 Å². The zero-order chi connectivity index (χ0) is 22.5. The molecule has 0 N–H and O–H groups in total. The van der Waals surface area contributed by atoms with Crippen LogP contribution in [0.15, 0.2) is 78.4 Å². The van der Waals surface area contributed by atoms with Crippen molar-refractivity contribution in [2.45, 2.75) is 13.3 Å². The van der Waals surface area contributed by atoms with Crippen LogP contribution in [-0.2, 0) is 4.79 Å². The van der Waals surface area contributed by atoms with Crippen molar-refractivity contribution in [3.8, 4) is 22.7 Å². The van der Waals surface area contributed by atoms with Gasteiger partial charge in [-0.15, -0.1) is 0 Å². The molecular formula is C25H23N3O2S2. The number of benzene rings is 2. The van der Waals surface area contributed by atoms with Crippen LogP contribution in [0.25, 0.3) is 23.0 Å². The Balaban J connectivity index is 1.74. The third-order valence-electron chi connectivity index (χ3n) is 4.87. The summed E-state index contributed by atoms with van der Waals surface area (Å²) in [5, 5.41) is 4.83. The van der Waals surface area contributed by atoms with Crippen molar-refractivity contribution >= 4 is 40.3 Å². The lowest BCUT2D eigenvalue weighted by Gasteiger charge is -2.11. The van der Waals surface area contributed by atoms with E-state index in [4.69, 9.17) is 22.1 Å². The summed E-state index contributed by atoms with van der Waals surface area (Å²) in [7, 11) is 0. The quantitative estimate of drug-likeness (QED) is 0.244. The van der Waals surface area contributed by atoms with Gasteiger partial charge >= 0.3 is 0 Å². The van der Waals surface area contributed by atoms with Crippen LogP contribution >= 0.6 is 24.0 Å². The summed E-state index contributed by atoms with van der Waals surface area (Å²) in [5.41, 5.74) is 3.51. The molecule has 5 nitrogen and oxygen atoms in total. The van der Waals surface area contributed by atoms with Crippen LogP contribution in [-0.4, -0.2) is 38.1 Å². The normalized spacial score (nSPS) is 14.9. The highest BCUT2D eigenvalue weighted by molar-refractivity contribution is 8.26. The molecule has 162 valence electrons. The van der Waals surface area contributed by atoms with E-state index in [0.29, 0.717) is 22.4 Å². The molecule has 7 heteroatoms. The monoisotopic (exact) mass is 461 g/mol. The minimum Gasteiger partial charge on any atom is -0.490 e. The molecule has 2 aromatic carbocycles. The molecule has 32 heavy (non-hydrogen) atoms. The van der Waals surface area contributed by atoms with Crippen molar-refractivity contribution in [1.29, 1.82) is 0 Å². The molecule has 0 unspecified atom stereocenters. The van der Waals surface area contributed by atoms with E-state index in [0.717, 1.165) is 34.7 Å². The van der Waals surface area contributed by atoms with Crippen LogP contribution in [0.2, 0.25) is 0 Å². The maximum Gasteiger partial charge on any atom is 0.266 e. The summed E-state index contributed by atoms with van der Waals surface area (Å²) in [6.07, 6.45) is 6.40. The van der Waals surface area contributed by atoms with Gasteiger partial charge in [-0.05, 0) is 48.9 Å². The molecule has 0 radical (unpaired) electrons. The van der Waals surface area contributed by atoms with Crippen molar-refractivity contribution in [3.05, 3.63) is 83.9 Å². The molecule has 0 spiro atoms. The summed E-state index contributed by atoms with van der Waals surface area (Å²) in [4.78, 5) is 15.2. The molecule has 0 aliphatic carbocycles. The first-order chi connectivity index (χ1) is 15.6. The third kappa shape index (κ3) is 4.69. The van der Waals surface area contributed by atoms with Crippen LogP contribution in [0.3, 0.4) is 0 Å². The minimum atomic E-state index is -0.0477. The highest BCUT2D eigenvalue weighted by Crippen LogP contribution is 2.35. The van der Waals surface area contributed by atoms with Crippen LogP contribution in [0, 0.1) is 0 Å². The first-order valence-electron chi connectivity index (χ1n) is 10.3. The third-order valence-corrected chi connectivity index (χ3v) is 6.24. The fraction of sp³-hybridized carbons (Fsp3) is 0.160. The Hall–Kier alpha value is -3.16. The largest absolute Gasteiger partial charge is 0.490 e. The topological polar surface area (TPSA) is 47.4 Å². The van der Waals surface area contributed by atoms with Gasteiger partial charge in [0.1, 0.15) is 16.7 Å². The number of carbonyl (C=O) groups is 1. The summed E-state index contributed by atoms with van der Waals surface area (Å²) in [6.45, 7) is 6.79. The van der Waals surface area contributed by atoms with E-state index in [9.17, 15) is 4.79 Å². The molecule has 1 saturated heterocycles. The maximum atomic E-state index is 12.9. The predicted octanol–water partition coefficient (Wildman–Crippen LogP) is 5.72. The molecule has 2 heterocycles. The van der Waals surface area contributed by atoms with Gasteiger partial charge in [-0.25, -0.2) is 4.68 Å². The lowest BCUT2D eigenvalue weighted by atomic mass is 10.1. The number of hydrogen-bond acceptors (Lipinski definition) is 5. The Kier molecular flexibility index (Phi) is 6.87. The van der Waals surface area contributed by atoms with Gasteiger partial charge in [0.05, 0.1) is 16.3 Å². The number of aromatic nitrogens is 2. The van der Waals surface area contributed by atoms with E-state index in [1.54, 1.807) is 11.0 Å². The van der Waals surface area contributed by atoms with Gasteiger partial charge in [0.15, 0.2) is 0 Å². The molecule has 1 aliphatic heterocycles. The highest BCUT2D eigenvalue weighted by Gasteiger charge is 2.31. The van der Waals surface area contributed by atoms with Crippen LogP contribution in [0.1, 0.15) is 18.9 Å². The van der Waals surface area contributed by atoms with E-state index < -0.39 is 0 Å². The molecule has 3 aromatic rings. The maximum absolute atomic E-state index is 12.9. The second kappa shape index (κ2) is 9.97. The molecular weight excluding hydrogens is 438 g/mol. The van der Waals surface area contributed by atoms with Crippen LogP contribution in [0.4, 0.5) is 0 Å². The van der Waals surface area contributed by atoms with E-state index in [1.165, 1.54) is 11.8 Å². The standard InChI is InChI=1S/C25H23N3O2S2/c1-3-14-27-24(29)22(32-25(27)31)16-19-17-28(20-8-6-5-7-9-20)26-23(19)18-10-12-21(13-11-18)30-15-4-2/h4-13,16-17H,2-3,14-15H2,1H3/b22-16+. The highest BCUT2D eigenvalue weighted by atomic mass is 32.2. The number of nitrogens with zero attached hydrogens (tertiary/aromatic N) is 3. The molecule has 4 rings (SSSR count). The fourth-order valence-electron chi connectivity index (χ4n) is 3.35. The number of rotatable bonds is 8. The van der Waals surface area contributed by atoms with Crippen molar-refractivity contribution in [1.82, 2.24) is 14.7 Å². The summed E-state index contributed by atoms with van der Waals surface area (Å²) in [6, 6.07) is 17.6. The molecule has 1 aromatic heterocycles. The lowest BCUT2D eigenvalue weighted by molar-refractivity contribution is -0.122. The Morgan fingerprint density at radius 2 is 1.91 bits per heavy atom. The second-order valence-electron chi connectivity index (χ2n) is 7.17. The Morgan fingerprint density at radius 3 is 2.59 bits per heavy atom. The summed E-state index contributed by atoms with van der Waals surface area (Å²) < 4.78 is 8.03. The van der Waals surface area contributed by atoms with Crippen molar-refractivity contribution in [2.24, 2.45) is 0 Å². The number of hydrogen-bond donors (Lipinski definition) is 0. The van der Waals surface area contributed by atoms with Gasteiger partial charge in [-0.2, -0.15) is 5.10 Å². The van der Waals surface area contributed by atoms with Gasteiger partial charge in [0, 0.05) is 23.9 Å². The Bertz CT molecular complexity index is 1170. The second-order valence-corrected chi connectivity index (χ2v) is 8.85. The van der Waals surface area contributed by atoms with Gasteiger partial charge in [-0.1, -0.05) is 61.8 Å². The van der Waals surface area contributed by atoms with E-state index in [-0.39, 0.29) is 5.91 Å². The summed E-state index contributed by atoms with van der Waals surface area (Å²) in [5.74, 6) is 0.714. The van der Waals surface area contributed by atoms with E-state index in [2.05, 4.69) is 6.58 Å². The molecule has 0 atom stereocenters. The number of amides is 1. The first kappa shape index (κ1) is 22.0. The van der Waals surface area contributed by atoms with Crippen molar-refractivity contribution in [2.75, 3.05) is 13.2 Å². The fourth-order valence-corrected chi connectivity index (χ4v) is 4.65. The molecule has 1 fully saturated rings. The molecule has 0 bridgehead atoms. The number of ether oxygens (including phenoxy) is 1.